The molecule has 0 aliphatic carbocycles. The van der Waals surface area contributed by atoms with Crippen LogP contribution in [0.4, 0.5) is 13.2 Å². The molecule has 0 aromatic heterocycles. The van der Waals surface area contributed by atoms with Gasteiger partial charge in [-0.3, -0.25) is 4.79 Å². The van der Waals surface area contributed by atoms with Gasteiger partial charge in [-0.05, 0) is 37.1 Å². The molecule has 0 radical (unpaired) electrons. The Kier molecular flexibility index (Phi) is 9.62. The number of halogens is 3. The summed E-state index contributed by atoms with van der Waals surface area (Å²) in [6, 6.07) is 4.67. The molecule has 1 heterocycles. The van der Waals surface area contributed by atoms with Crippen LogP contribution in [-0.2, 0) is 22.4 Å². The van der Waals surface area contributed by atoms with Crippen molar-refractivity contribution >= 4 is 11.6 Å². The van der Waals surface area contributed by atoms with Crippen molar-refractivity contribution in [3.8, 4) is 0 Å². The fourth-order valence-corrected chi connectivity index (χ4v) is 3.10. The third kappa shape index (κ3) is 7.68. The summed E-state index contributed by atoms with van der Waals surface area (Å²) < 4.78 is 37.7. The molecule has 1 aromatic rings. The van der Waals surface area contributed by atoms with Crippen molar-refractivity contribution in [3.63, 3.8) is 0 Å². The van der Waals surface area contributed by atoms with Crippen LogP contribution in [0.1, 0.15) is 51.7 Å². The van der Waals surface area contributed by atoms with Gasteiger partial charge >= 0.3 is 6.18 Å². The van der Waals surface area contributed by atoms with Crippen molar-refractivity contribution in [1.82, 2.24) is 10.2 Å². The van der Waals surface area contributed by atoms with E-state index in [0.717, 1.165) is 24.3 Å². The van der Waals surface area contributed by atoms with Crippen LogP contribution < -0.4 is 5.32 Å². The number of amides is 1. The zero-order valence-electron chi connectivity index (χ0n) is 16.6. The topological polar surface area (TPSA) is 53.9 Å². The van der Waals surface area contributed by atoms with Crippen LogP contribution in [0.3, 0.4) is 0 Å². The summed E-state index contributed by atoms with van der Waals surface area (Å²) in [6.45, 7) is 5.48. The van der Waals surface area contributed by atoms with E-state index in [-0.39, 0.29) is 26.0 Å². The van der Waals surface area contributed by atoms with Gasteiger partial charge in [-0.15, -0.1) is 0 Å². The molecule has 2 rings (SSSR count). The third-order valence-corrected chi connectivity index (χ3v) is 4.71. The minimum atomic E-state index is -4.34. The minimum Gasteiger partial charge on any atom is -0.391 e. The van der Waals surface area contributed by atoms with Crippen molar-refractivity contribution in [2.75, 3.05) is 20.1 Å². The van der Waals surface area contributed by atoms with Gasteiger partial charge in [0.25, 0.3) is 0 Å². The molecule has 8 heteroatoms. The molecule has 1 fully saturated rings. The molecular formula is C21H32F3N3O2. The highest BCUT2D eigenvalue weighted by atomic mass is 19.4. The standard InChI is InChI=1S/C20H28F3N3O2.CH4/c1-14(2)12-18(24-3)19(27)26-10-8-17(9-11-26)25-28-13-15-4-6-16(7-5-15)20(21,22)23;/h4-7,14,18,24H,8-13H2,1-3H3;1H4/t18-;/m0./s1. The highest BCUT2D eigenvalue weighted by Gasteiger charge is 2.30. The van der Waals surface area contributed by atoms with Crippen molar-refractivity contribution in [2.24, 2.45) is 11.1 Å². The summed E-state index contributed by atoms with van der Waals surface area (Å²) in [6.07, 6.45) is -2.27. The Labute approximate surface area is 171 Å². The highest BCUT2D eigenvalue weighted by molar-refractivity contribution is 5.88. The summed E-state index contributed by atoms with van der Waals surface area (Å²) in [4.78, 5) is 19.7. The number of piperidine rings is 1. The van der Waals surface area contributed by atoms with Gasteiger partial charge in [-0.2, -0.15) is 13.2 Å². The molecule has 1 aliphatic heterocycles. The lowest BCUT2D eigenvalue weighted by Gasteiger charge is -2.31. The molecule has 1 amide bonds. The SMILES string of the molecule is C.CN[C@@H](CC(C)C)C(=O)N1CCC(=NOCc2ccc(C(F)(F)F)cc2)CC1. The van der Waals surface area contributed by atoms with Crippen LogP contribution >= 0.6 is 0 Å². The van der Waals surface area contributed by atoms with E-state index < -0.39 is 11.7 Å². The number of nitrogens with zero attached hydrogens (tertiary/aromatic N) is 2. The lowest BCUT2D eigenvalue weighted by atomic mass is 10.0. The van der Waals surface area contributed by atoms with Gasteiger partial charge in [0.2, 0.25) is 5.91 Å². The summed E-state index contributed by atoms with van der Waals surface area (Å²) in [5, 5.41) is 7.19. The first-order valence-corrected chi connectivity index (χ1v) is 9.50. The molecule has 0 spiro atoms. The molecule has 0 saturated carbocycles. The molecule has 29 heavy (non-hydrogen) atoms. The maximum atomic E-state index is 12.6. The summed E-state index contributed by atoms with van der Waals surface area (Å²) >= 11 is 0. The minimum absolute atomic E-state index is 0. The molecule has 1 N–H and O–H groups in total. The van der Waals surface area contributed by atoms with Crippen LogP contribution in [0.15, 0.2) is 29.4 Å². The van der Waals surface area contributed by atoms with Gasteiger partial charge in [0.05, 0.1) is 17.3 Å². The largest absolute Gasteiger partial charge is 0.416 e. The van der Waals surface area contributed by atoms with Crippen LogP contribution in [-0.4, -0.2) is 42.7 Å². The van der Waals surface area contributed by atoms with Crippen LogP contribution in [0.5, 0.6) is 0 Å². The van der Waals surface area contributed by atoms with E-state index in [1.807, 2.05) is 4.90 Å². The van der Waals surface area contributed by atoms with Crippen molar-refractivity contribution in [2.45, 2.75) is 59.4 Å². The summed E-state index contributed by atoms with van der Waals surface area (Å²) in [7, 11) is 1.80. The van der Waals surface area contributed by atoms with E-state index in [1.165, 1.54) is 12.1 Å². The predicted molar refractivity (Wildman–Crippen MR) is 109 cm³/mol. The van der Waals surface area contributed by atoms with Gasteiger partial charge in [0.15, 0.2) is 0 Å². The monoisotopic (exact) mass is 415 g/mol. The van der Waals surface area contributed by atoms with Crippen LogP contribution in [0, 0.1) is 5.92 Å². The molecule has 1 aliphatic rings. The normalized spacial score (nSPS) is 15.7. The molecule has 5 nitrogen and oxygen atoms in total. The second-order valence-electron chi connectivity index (χ2n) is 7.42. The molecule has 0 unspecified atom stereocenters. The Hall–Kier alpha value is -2.09. The number of hydrogen-bond acceptors (Lipinski definition) is 4. The maximum absolute atomic E-state index is 12.6. The predicted octanol–water partition coefficient (Wildman–Crippen LogP) is 4.47. The molecule has 1 saturated heterocycles. The number of rotatable bonds is 7. The number of carbonyl (C=O) groups is 1. The zero-order chi connectivity index (χ0) is 20.7. The first-order valence-electron chi connectivity index (χ1n) is 9.50. The van der Waals surface area contributed by atoms with E-state index in [0.29, 0.717) is 37.4 Å². The molecule has 1 atom stereocenters. The van der Waals surface area contributed by atoms with Gasteiger partial charge in [-0.25, -0.2) is 0 Å². The smallest absolute Gasteiger partial charge is 0.391 e. The molecular weight excluding hydrogens is 383 g/mol. The Morgan fingerprint density at radius 1 is 1.21 bits per heavy atom. The average molecular weight is 416 g/mol. The van der Waals surface area contributed by atoms with Gasteiger partial charge in [-0.1, -0.05) is 38.6 Å². The zero-order valence-corrected chi connectivity index (χ0v) is 16.6. The quantitative estimate of drug-likeness (QED) is 0.669. The first-order chi connectivity index (χ1) is 13.2. The van der Waals surface area contributed by atoms with Gasteiger partial charge in [0.1, 0.15) is 6.61 Å². The van der Waals surface area contributed by atoms with Crippen molar-refractivity contribution in [1.29, 1.82) is 0 Å². The Balaban J connectivity index is 0.00000420. The summed E-state index contributed by atoms with van der Waals surface area (Å²) in [5.41, 5.74) is 0.799. The highest BCUT2D eigenvalue weighted by Crippen LogP contribution is 2.29. The molecule has 164 valence electrons. The van der Waals surface area contributed by atoms with Crippen molar-refractivity contribution in [3.05, 3.63) is 35.4 Å². The van der Waals surface area contributed by atoms with Crippen molar-refractivity contribution < 1.29 is 22.8 Å². The number of hydrogen-bond donors (Lipinski definition) is 1. The Morgan fingerprint density at radius 3 is 2.28 bits per heavy atom. The van der Waals surface area contributed by atoms with E-state index in [9.17, 15) is 18.0 Å². The number of carbonyl (C=O) groups excluding carboxylic acids is 1. The summed E-state index contributed by atoms with van der Waals surface area (Å²) in [5.74, 6) is 0.544. The average Bonchev–Trinajstić information content (AvgIpc) is 2.65. The Bertz CT molecular complexity index is 663. The van der Waals surface area contributed by atoms with Crippen LogP contribution in [0.25, 0.3) is 0 Å². The number of likely N-dealkylation sites (tertiary alicyclic amines) is 1. The van der Waals surface area contributed by atoms with Gasteiger partial charge < -0.3 is 15.1 Å². The lowest BCUT2D eigenvalue weighted by Crippen LogP contribution is -2.48. The first kappa shape index (κ1) is 24.9. The van der Waals surface area contributed by atoms with E-state index in [4.69, 9.17) is 4.84 Å². The maximum Gasteiger partial charge on any atom is 0.416 e. The lowest BCUT2D eigenvalue weighted by molar-refractivity contribution is -0.137. The second kappa shape index (κ2) is 11.2. The number of benzene rings is 1. The Morgan fingerprint density at radius 2 is 1.79 bits per heavy atom. The number of oxime groups is 1. The number of nitrogens with one attached hydrogen (secondary N) is 1. The molecule has 0 bridgehead atoms. The second-order valence-corrected chi connectivity index (χ2v) is 7.42. The number of alkyl halides is 3. The van der Waals surface area contributed by atoms with Crippen LogP contribution in [0.2, 0.25) is 0 Å². The van der Waals surface area contributed by atoms with E-state index in [1.54, 1.807) is 7.05 Å². The fraction of sp³-hybridized carbons (Fsp3) is 0.619. The molecule has 1 aromatic carbocycles. The fourth-order valence-electron chi connectivity index (χ4n) is 3.10. The van der Waals surface area contributed by atoms with E-state index in [2.05, 4.69) is 24.3 Å². The number of likely N-dealkylation sites (N-methyl/N-ethyl adjacent to an activating group) is 1. The van der Waals surface area contributed by atoms with E-state index >= 15 is 0 Å². The third-order valence-electron chi connectivity index (χ3n) is 4.71. The van der Waals surface area contributed by atoms with Gasteiger partial charge in [0, 0.05) is 25.9 Å².